The van der Waals surface area contributed by atoms with Gasteiger partial charge in [0, 0.05) is 23.2 Å². The van der Waals surface area contributed by atoms with Crippen molar-refractivity contribution >= 4 is 22.9 Å². The fourth-order valence-corrected chi connectivity index (χ4v) is 2.49. The van der Waals surface area contributed by atoms with Crippen molar-refractivity contribution in [3.8, 4) is 0 Å². The van der Waals surface area contributed by atoms with Crippen LogP contribution in [-0.2, 0) is 6.54 Å². The molecule has 0 saturated carbocycles. The number of rotatable bonds is 3. The molecule has 4 nitrogen and oxygen atoms in total. The van der Waals surface area contributed by atoms with E-state index in [0.29, 0.717) is 17.8 Å². The number of amides is 1. The molecule has 0 unspecified atom stereocenters. The number of hydrogen-bond acceptors (Lipinski definition) is 4. The first kappa shape index (κ1) is 12.6. The highest BCUT2D eigenvalue weighted by Gasteiger charge is 2.14. The third-order valence-electron chi connectivity index (χ3n) is 2.71. The molecule has 0 saturated heterocycles. The predicted octanol–water partition coefficient (Wildman–Crippen LogP) is 2.31. The Morgan fingerprint density at radius 1 is 1.50 bits per heavy atom. The minimum absolute atomic E-state index is 0.0323. The smallest absolute Gasteiger partial charge is 0.253 e. The summed E-state index contributed by atoms with van der Waals surface area (Å²) in [6.45, 7) is 2.52. The minimum atomic E-state index is -0.0323. The van der Waals surface area contributed by atoms with Gasteiger partial charge in [-0.25, -0.2) is 4.98 Å². The quantitative estimate of drug-likeness (QED) is 0.862. The van der Waals surface area contributed by atoms with E-state index in [9.17, 15) is 4.79 Å². The van der Waals surface area contributed by atoms with Crippen molar-refractivity contribution in [2.24, 2.45) is 0 Å². The maximum absolute atomic E-state index is 12.2. The van der Waals surface area contributed by atoms with Gasteiger partial charge < -0.3 is 10.6 Å². The Labute approximate surface area is 110 Å². The number of nitrogen functional groups attached to an aromatic ring is 1. The molecule has 1 amide bonds. The number of carbonyl (C=O) groups is 1. The molecular weight excluding hydrogens is 246 g/mol. The lowest BCUT2D eigenvalue weighted by molar-refractivity contribution is 0.0786. The Morgan fingerprint density at radius 2 is 2.28 bits per heavy atom. The van der Waals surface area contributed by atoms with E-state index in [1.807, 2.05) is 6.92 Å². The molecule has 0 atom stereocenters. The van der Waals surface area contributed by atoms with E-state index in [-0.39, 0.29) is 5.91 Å². The second-order valence-electron chi connectivity index (χ2n) is 4.15. The summed E-state index contributed by atoms with van der Waals surface area (Å²) in [6, 6.07) is 7.02. The molecule has 0 radical (unpaired) electrons. The van der Waals surface area contributed by atoms with Crippen molar-refractivity contribution in [1.82, 2.24) is 9.88 Å². The van der Waals surface area contributed by atoms with Crippen LogP contribution in [0, 0.1) is 6.92 Å². The van der Waals surface area contributed by atoms with Gasteiger partial charge in [0.15, 0.2) is 0 Å². The first-order valence-electron chi connectivity index (χ1n) is 5.58. The van der Waals surface area contributed by atoms with E-state index < -0.39 is 0 Å². The summed E-state index contributed by atoms with van der Waals surface area (Å²) in [5.41, 5.74) is 9.66. The van der Waals surface area contributed by atoms with Gasteiger partial charge in [0.25, 0.3) is 5.91 Å². The molecule has 1 heterocycles. The SMILES string of the molecule is Cc1ncsc1CN(C)C(=O)c1cccc(N)c1. The van der Waals surface area contributed by atoms with Gasteiger partial charge in [-0.1, -0.05) is 6.07 Å². The minimum Gasteiger partial charge on any atom is -0.399 e. The van der Waals surface area contributed by atoms with Crippen molar-refractivity contribution in [2.75, 3.05) is 12.8 Å². The maximum Gasteiger partial charge on any atom is 0.253 e. The van der Waals surface area contributed by atoms with Crippen LogP contribution in [0.4, 0.5) is 5.69 Å². The molecule has 2 N–H and O–H groups in total. The van der Waals surface area contributed by atoms with Gasteiger partial charge in [0.2, 0.25) is 0 Å². The molecule has 0 aliphatic heterocycles. The van der Waals surface area contributed by atoms with Crippen LogP contribution in [0.5, 0.6) is 0 Å². The Balaban J connectivity index is 2.12. The van der Waals surface area contributed by atoms with Crippen LogP contribution in [0.15, 0.2) is 29.8 Å². The largest absolute Gasteiger partial charge is 0.399 e. The lowest BCUT2D eigenvalue weighted by Crippen LogP contribution is -2.26. The Morgan fingerprint density at radius 3 is 2.89 bits per heavy atom. The third kappa shape index (κ3) is 2.68. The molecule has 2 rings (SSSR count). The zero-order valence-electron chi connectivity index (χ0n) is 10.4. The molecule has 0 fully saturated rings. The number of aromatic nitrogens is 1. The van der Waals surface area contributed by atoms with Crippen molar-refractivity contribution in [3.63, 3.8) is 0 Å². The molecule has 2 aromatic rings. The normalized spacial score (nSPS) is 10.3. The summed E-state index contributed by atoms with van der Waals surface area (Å²) in [5, 5.41) is 0. The molecule has 0 aliphatic rings. The van der Waals surface area contributed by atoms with Crippen molar-refractivity contribution in [2.45, 2.75) is 13.5 Å². The molecule has 0 spiro atoms. The molecule has 0 aliphatic carbocycles. The number of thiazole rings is 1. The number of benzene rings is 1. The third-order valence-corrected chi connectivity index (χ3v) is 3.63. The monoisotopic (exact) mass is 261 g/mol. The number of hydrogen-bond donors (Lipinski definition) is 1. The maximum atomic E-state index is 12.2. The molecule has 18 heavy (non-hydrogen) atoms. The summed E-state index contributed by atoms with van der Waals surface area (Å²) in [7, 11) is 1.78. The average molecular weight is 261 g/mol. The lowest BCUT2D eigenvalue weighted by Gasteiger charge is -2.16. The van der Waals surface area contributed by atoms with Gasteiger partial charge in [0.1, 0.15) is 0 Å². The van der Waals surface area contributed by atoms with E-state index in [0.717, 1.165) is 10.6 Å². The molecule has 1 aromatic carbocycles. The van der Waals surface area contributed by atoms with E-state index in [1.165, 1.54) is 0 Å². The fourth-order valence-electron chi connectivity index (χ4n) is 1.66. The van der Waals surface area contributed by atoms with Gasteiger partial charge in [-0.15, -0.1) is 11.3 Å². The number of nitrogens with zero attached hydrogens (tertiary/aromatic N) is 2. The highest BCUT2D eigenvalue weighted by Crippen LogP contribution is 2.16. The van der Waals surface area contributed by atoms with Crippen molar-refractivity contribution < 1.29 is 4.79 Å². The molecule has 1 aromatic heterocycles. The second-order valence-corrected chi connectivity index (χ2v) is 5.09. The molecule has 94 valence electrons. The van der Waals surface area contributed by atoms with Crippen LogP contribution in [0.25, 0.3) is 0 Å². The molecular formula is C13H15N3OS. The highest BCUT2D eigenvalue weighted by molar-refractivity contribution is 7.09. The van der Waals surface area contributed by atoms with Gasteiger partial charge >= 0.3 is 0 Å². The lowest BCUT2D eigenvalue weighted by atomic mass is 10.2. The molecule has 0 bridgehead atoms. The van der Waals surface area contributed by atoms with E-state index in [1.54, 1.807) is 53.1 Å². The average Bonchev–Trinajstić information content (AvgIpc) is 2.74. The van der Waals surface area contributed by atoms with Crippen molar-refractivity contribution in [1.29, 1.82) is 0 Å². The summed E-state index contributed by atoms with van der Waals surface area (Å²) in [4.78, 5) is 19.1. The van der Waals surface area contributed by atoms with Crippen LogP contribution in [-0.4, -0.2) is 22.8 Å². The van der Waals surface area contributed by atoms with Crippen LogP contribution in [0.2, 0.25) is 0 Å². The highest BCUT2D eigenvalue weighted by atomic mass is 32.1. The first-order valence-corrected chi connectivity index (χ1v) is 6.46. The van der Waals surface area contributed by atoms with Crippen LogP contribution in [0.1, 0.15) is 20.9 Å². The van der Waals surface area contributed by atoms with Gasteiger partial charge in [0.05, 0.1) is 17.7 Å². The summed E-state index contributed by atoms with van der Waals surface area (Å²) < 4.78 is 0. The number of nitrogens with two attached hydrogens (primary N) is 1. The zero-order valence-corrected chi connectivity index (χ0v) is 11.2. The van der Waals surface area contributed by atoms with Crippen LogP contribution < -0.4 is 5.73 Å². The standard InChI is InChI=1S/C13H15N3OS/c1-9-12(18-8-15-9)7-16(2)13(17)10-4-3-5-11(14)6-10/h3-6,8H,7,14H2,1-2H3. The zero-order chi connectivity index (χ0) is 13.1. The van der Waals surface area contributed by atoms with E-state index >= 15 is 0 Å². The fraction of sp³-hybridized carbons (Fsp3) is 0.231. The summed E-state index contributed by atoms with van der Waals surface area (Å²) >= 11 is 1.56. The Hall–Kier alpha value is -1.88. The van der Waals surface area contributed by atoms with Gasteiger partial charge in [-0.2, -0.15) is 0 Å². The topological polar surface area (TPSA) is 59.2 Å². The van der Waals surface area contributed by atoms with E-state index in [2.05, 4.69) is 4.98 Å². The summed E-state index contributed by atoms with van der Waals surface area (Å²) in [5.74, 6) is -0.0323. The number of carbonyl (C=O) groups excluding carboxylic acids is 1. The first-order chi connectivity index (χ1) is 8.58. The van der Waals surface area contributed by atoms with Gasteiger partial charge in [-0.05, 0) is 25.1 Å². The predicted molar refractivity (Wildman–Crippen MR) is 73.5 cm³/mol. The van der Waals surface area contributed by atoms with Crippen molar-refractivity contribution in [3.05, 3.63) is 45.9 Å². The van der Waals surface area contributed by atoms with E-state index in [4.69, 9.17) is 5.73 Å². The Kier molecular flexibility index (Phi) is 3.62. The summed E-state index contributed by atoms with van der Waals surface area (Å²) in [6.07, 6.45) is 0. The van der Waals surface area contributed by atoms with Crippen LogP contribution >= 0.6 is 11.3 Å². The number of anilines is 1. The van der Waals surface area contributed by atoms with Gasteiger partial charge in [-0.3, -0.25) is 4.79 Å². The second kappa shape index (κ2) is 5.18. The van der Waals surface area contributed by atoms with Crippen LogP contribution in [0.3, 0.4) is 0 Å². The molecule has 5 heteroatoms. The number of aryl methyl sites for hydroxylation is 1. The Bertz CT molecular complexity index is 565.